The van der Waals surface area contributed by atoms with Crippen molar-refractivity contribution in [3.05, 3.63) is 67.5 Å². The molecule has 28 heavy (non-hydrogen) atoms. The van der Waals surface area contributed by atoms with Gasteiger partial charge in [0.1, 0.15) is 4.90 Å². The quantitative estimate of drug-likeness (QED) is 0.287. The smallest absolute Gasteiger partial charge is 0.339 e. The molecule has 1 heterocycles. The van der Waals surface area contributed by atoms with Crippen molar-refractivity contribution in [2.75, 3.05) is 0 Å². The van der Waals surface area contributed by atoms with E-state index in [1.54, 1.807) is 18.2 Å². The van der Waals surface area contributed by atoms with Crippen molar-refractivity contribution in [3.63, 3.8) is 0 Å². The van der Waals surface area contributed by atoms with Crippen LogP contribution >= 0.6 is 27.7 Å². The van der Waals surface area contributed by atoms with E-state index in [0.29, 0.717) is 14.9 Å². The van der Waals surface area contributed by atoms with Gasteiger partial charge in [0.25, 0.3) is 11.6 Å². The molecule has 1 aliphatic heterocycles. The van der Waals surface area contributed by atoms with Crippen LogP contribution in [-0.2, 0) is 14.9 Å². The van der Waals surface area contributed by atoms with E-state index in [1.807, 2.05) is 0 Å². The molecule has 12 heteroatoms. The number of carbonyl (C=O) groups is 1. The summed E-state index contributed by atoms with van der Waals surface area (Å²) in [6, 6.07) is 8.83. The summed E-state index contributed by atoms with van der Waals surface area (Å²) in [6.45, 7) is 0. The van der Waals surface area contributed by atoms with Gasteiger partial charge in [-0.05, 0) is 63.6 Å². The van der Waals surface area contributed by atoms with Gasteiger partial charge in [-0.3, -0.25) is 20.3 Å². The van der Waals surface area contributed by atoms with Crippen LogP contribution in [0.1, 0.15) is 5.56 Å². The summed E-state index contributed by atoms with van der Waals surface area (Å²) in [5, 5.41) is 20.5. The molecular formula is C16H10BrN3O6S2. The lowest BCUT2D eigenvalue weighted by Crippen LogP contribution is -2.18. The Hall–Kier alpha value is -2.70. The van der Waals surface area contributed by atoms with Gasteiger partial charge < -0.3 is 9.50 Å². The Morgan fingerprint density at radius 2 is 1.89 bits per heavy atom. The minimum Gasteiger partial charge on any atom is -0.378 e. The molecule has 0 radical (unpaired) electrons. The van der Waals surface area contributed by atoms with Crippen molar-refractivity contribution in [2.45, 2.75) is 4.90 Å². The van der Waals surface area contributed by atoms with E-state index in [2.05, 4.69) is 21.2 Å². The van der Waals surface area contributed by atoms with Crippen LogP contribution in [0.15, 0.2) is 56.7 Å². The number of rotatable bonds is 5. The van der Waals surface area contributed by atoms with Gasteiger partial charge in [-0.2, -0.15) is 8.42 Å². The fourth-order valence-corrected chi connectivity index (χ4v) is 4.40. The van der Waals surface area contributed by atoms with Crippen LogP contribution in [0.5, 0.6) is 5.75 Å². The van der Waals surface area contributed by atoms with E-state index in [4.69, 9.17) is 9.59 Å². The largest absolute Gasteiger partial charge is 0.378 e. The van der Waals surface area contributed by atoms with Crippen molar-refractivity contribution >= 4 is 60.6 Å². The van der Waals surface area contributed by atoms with E-state index in [1.165, 1.54) is 6.07 Å². The van der Waals surface area contributed by atoms with Crippen molar-refractivity contribution < 1.29 is 22.3 Å². The molecule has 2 aromatic carbocycles. The predicted molar refractivity (Wildman–Crippen MR) is 106 cm³/mol. The fraction of sp³-hybridized carbons (Fsp3) is 0. The molecule has 1 aliphatic rings. The van der Waals surface area contributed by atoms with Crippen LogP contribution < -0.4 is 9.50 Å². The Morgan fingerprint density at radius 3 is 2.43 bits per heavy atom. The number of thioether (sulfide) groups is 1. The number of benzene rings is 2. The standard InChI is InChI=1S/C16H10BrN3O6S2/c17-12-7-9(8-14-15(21)19-16(18)27-14)1-6-13(12)26-28(24,25)11-4-2-10(3-5-11)20(22)23/h1-8H,(H2,18,19,21). The minimum atomic E-state index is -4.19. The zero-order chi connectivity index (χ0) is 20.5. The summed E-state index contributed by atoms with van der Waals surface area (Å²) in [4.78, 5) is 21.8. The van der Waals surface area contributed by atoms with Crippen LogP contribution in [0.4, 0.5) is 5.69 Å². The van der Waals surface area contributed by atoms with Crippen LogP contribution in [-0.4, -0.2) is 24.4 Å². The molecule has 0 bridgehead atoms. The number of nitro groups is 1. The Balaban J connectivity index is 1.82. The maximum atomic E-state index is 12.4. The summed E-state index contributed by atoms with van der Waals surface area (Å²) < 4.78 is 30.2. The Kier molecular flexibility index (Phi) is 5.54. The van der Waals surface area contributed by atoms with Gasteiger partial charge in [-0.25, -0.2) is 0 Å². The molecule has 0 spiro atoms. The van der Waals surface area contributed by atoms with E-state index < -0.39 is 15.0 Å². The van der Waals surface area contributed by atoms with Gasteiger partial charge >= 0.3 is 10.1 Å². The summed E-state index contributed by atoms with van der Waals surface area (Å²) >= 11 is 4.20. The van der Waals surface area contributed by atoms with Gasteiger partial charge in [-0.15, -0.1) is 0 Å². The lowest BCUT2D eigenvalue weighted by molar-refractivity contribution is -0.384. The molecule has 0 aromatic heterocycles. The van der Waals surface area contributed by atoms with Gasteiger partial charge in [0.2, 0.25) is 0 Å². The Labute approximate surface area is 171 Å². The SMILES string of the molecule is N=C1NC(=O)C(=Cc2ccc(OS(=O)(=O)c3ccc([N+](=O)[O-])cc3)c(Br)c2)S1. The van der Waals surface area contributed by atoms with Crippen LogP contribution in [0.25, 0.3) is 6.08 Å². The minimum absolute atomic E-state index is 0.0109. The molecule has 0 saturated carbocycles. The third kappa shape index (κ3) is 4.40. The maximum absolute atomic E-state index is 12.4. The van der Waals surface area contributed by atoms with Crippen molar-refractivity contribution in [3.8, 4) is 5.75 Å². The second kappa shape index (κ2) is 7.73. The van der Waals surface area contributed by atoms with E-state index in [-0.39, 0.29) is 27.4 Å². The average Bonchev–Trinajstić information content (AvgIpc) is 2.94. The topological polar surface area (TPSA) is 139 Å². The van der Waals surface area contributed by atoms with Gasteiger partial charge in [-0.1, -0.05) is 6.07 Å². The second-order valence-corrected chi connectivity index (χ2v) is 8.83. The molecule has 3 rings (SSSR count). The third-order valence-corrected chi connectivity index (χ3v) is 6.15. The number of halogens is 1. The summed E-state index contributed by atoms with van der Waals surface area (Å²) in [6.07, 6.45) is 1.56. The first-order chi connectivity index (χ1) is 13.2. The molecule has 0 atom stereocenters. The third-order valence-electron chi connectivity index (χ3n) is 3.45. The second-order valence-electron chi connectivity index (χ2n) is 5.37. The van der Waals surface area contributed by atoms with Crippen LogP contribution in [0.2, 0.25) is 0 Å². The Morgan fingerprint density at radius 1 is 1.21 bits per heavy atom. The maximum Gasteiger partial charge on any atom is 0.339 e. The van der Waals surface area contributed by atoms with E-state index >= 15 is 0 Å². The Bertz CT molecular complexity index is 1130. The van der Waals surface area contributed by atoms with Crippen molar-refractivity contribution in [1.29, 1.82) is 5.41 Å². The van der Waals surface area contributed by atoms with E-state index in [0.717, 1.165) is 36.0 Å². The monoisotopic (exact) mass is 483 g/mol. The number of amides is 1. The molecule has 2 N–H and O–H groups in total. The summed E-state index contributed by atoms with van der Waals surface area (Å²) in [5.41, 5.74) is 0.360. The normalized spacial score (nSPS) is 15.5. The molecule has 1 saturated heterocycles. The lowest BCUT2D eigenvalue weighted by atomic mass is 10.2. The number of hydrogen-bond donors (Lipinski definition) is 2. The van der Waals surface area contributed by atoms with Gasteiger partial charge in [0.05, 0.1) is 14.3 Å². The molecular weight excluding hydrogens is 474 g/mol. The average molecular weight is 484 g/mol. The number of non-ortho nitro benzene ring substituents is 1. The summed E-state index contributed by atoms with van der Waals surface area (Å²) in [7, 11) is -4.19. The summed E-state index contributed by atoms with van der Waals surface area (Å²) in [5.74, 6) is -0.371. The zero-order valence-electron chi connectivity index (χ0n) is 13.7. The molecule has 0 unspecified atom stereocenters. The number of amidine groups is 1. The first-order valence-corrected chi connectivity index (χ1v) is 10.5. The molecule has 1 amide bonds. The van der Waals surface area contributed by atoms with Crippen LogP contribution in [0, 0.1) is 15.5 Å². The first kappa shape index (κ1) is 20.0. The fourth-order valence-electron chi connectivity index (χ4n) is 2.17. The number of nitrogens with one attached hydrogen (secondary N) is 2. The molecule has 144 valence electrons. The molecule has 9 nitrogen and oxygen atoms in total. The van der Waals surface area contributed by atoms with Gasteiger partial charge in [0.15, 0.2) is 10.9 Å². The lowest BCUT2D eigenvalue weighted by Gasteiger charge is -2.09. The van der Waals surface area contributed by atoms with Crippen molar-refractivity contribution in [2.24, 2.45) is 0 Å². The van der Waals surface area contributed by atoms with Crippen LogP contribution in [0.3, 0.4) is 0 Å². The number of carbonyl (C=O) groups excluding carboxylic acids is 1. The molecule has 1 fully saturated rings. The highest BCUT2D eigenvalue weighted by atomic mass is 79.9. The van der Waals surface area contributed by atoms with Crippen molar-refractivity contribution in [1.82, 2.24) is 5.32 Å². The highest BCUT2D eigenvalue weighted by Crippen LogP contribution is 2.31. The zero-order valence-corrected chi connectivity index (χ0v) is 16.9. The number of nitro benzene ring substituents is 1. The van der Waals surface area contributed by atoms with E-state index in [9.17, 15) is 23.3 Å². The first-order valence-electron chi connectivity index (χ1n) is 7.44. The highest BCUT2D eigenvalue weighted by molar-refractivity contribution is 9.10. The molecule has 0 aliphatic carbocycles. The highest BCUT2D eigenvalue weighted by Gasteiger charge is 2.23. The number of nitrogens with zero attached hydrogens (tertiary/aromatic N) is 1. The number of hydrogen-bond acceptors (Lipinski definition) is 8. The molecule has 2 aromatic rings. The van der Waals surface area contributed by atoms with Gasteiger partial charge in [0, 0.05) is 12.1 Å². The predicted octanol–water partition coefficient (Wildman–Crippen LogP) is 3.26.